The molecule has 3 N–H and O–H groups in total. The fraction of sp³-hybridized carbons (Fsp3) is 0.321. The van der Waals surface area contributed by atoms with E-state index in [0.29, 0.717) is 42.4 Å². The molecule has 0 heterocycles. The van der Waals surface area contributed by atoms with Crippen molar-refractivity contribution in [3.63, 3.8) is 0 Å². The molecule has 1 unspecified atom stereocenters. The molecule has 0 saturated carbocycles. The molecule has 0 saturated heterocycles. The molecular formula is C28H34N2O5. The molecule has 0 radical (unpaired) electrons. The summed E-state index contributed by atoms with van der Waals surface area (Å²) in [5.41, 5.74) is 5.56. The van der Waals surface area contributed by atoms with Gasteiger partial charge in [0.05, 0.1) is 19.8 Å². The average molecular weight is 479 g/mol. The molecule has 3 aromatic rings. The monoisotopic (exact) mass is 478 g/mol. The lowest BCUT2D eigenvalue weighted by atomic mass is 9.85. The second kappa shape index (κ2) is 12.2. The Labute approximate surface area is 207 Å². The van der Waals surface area contributed by atoms with E-state index in [4.69, 9.17) is 14.2 Å². The van der Waals surface area contributed by atoms with E-state index in [2.05, 4.69) is 10.9 Å². The van der Waals surface area contributed by atoms with Gasteiger partial charge in [-0.05, 0) is 80.8 Å². The van der Waals surface area contributed by atoms with E-state index in [1.54, 1.807) is 48.5 Å². The van der Waals surface area contributed by atoms with E-state index in [-0.39, 0.29) is 6.04 Å². The third-order valence-corrected chi connectivity index (χ3v) is 5.59. The predicted molar refractivity (Wildman–Crippen MR) is 136 cm³/mol. The summed E-state index contributed by atoms with van der Waals surface area (Å²) in [6, 6.07) is 21.1. The van der Waals surface area contributed by atoms with E-state index < -0.39 is 11.5 Å². The Morgan fingerprint density at radius 1 is 0.743 bits per heavy atom. The first-order valence-electron chi connectivity index (χ1n) is 11.9. The summed E-state index contributed by atoms with van der Waals surface area (Å²) >= 11 is 0. The van der Waals surface area contributed by atoms with Crippen molar-refractivity contribution in [1.29, 1.82) is 0 Å². The van der Waals surface area contributed by atoms with E-state index in [1.807, 2.05) is 52.0 Å². The number of amides is 1. The van der Waals surface area contributed by atoms with Gasteiger partial charge in [0.25, 0.3) is 5.91 Å². The van der Waals surface area contributed by atoms with Crippen LogP contribution in [0.15, 0.2) is 72.8 Å². The van der Waals surface area contributed by atoms with Crippen molar-refractivity contribution in [2.24, 2.45) is 0 Å². The minimum atomic E-state index is -1.94. The number of carbonyl (C=O) groups excluding carboxylic acids is 1. The highest BCUT2D eigenvalue weighted by molar-refractivity contribution is 5.89. The van der Waals surface area contributed by atoms with Crippen molar-refractivity contribution in [2.45, 2.75) is 39.3 Å². The van der Waals surface area contributed by atoms with Crippen LogP contribution in [0, 0.1) is 0 Å². The summed E-state index contributed by atoms with van der Waals surface area (Å²) in [6.45, 7) is 9.29. The number of ether oxygens (including phenoxy) is 3. The molecule has 3 rings (SSSR count). The lowest BCUT2D eigenvalue weighted by molar-refractivity contribution is -0.138. The largest absolute Gasteiger partial charge is 0.494 e. The maximum absolute atomic E-state index is 13.5. The fourth-order valence-corrected chi connectivity index (χ4v) is 3.71. The first-order chi connectivity index (χ1) is 16.9. The zero-order valence-electron chi connectivity index (χ0n) is 20.7. The highest BCUT2D eigenvalue weighted by Gasteiger charge is 2.40. The van der Waals surface area contributed by atoms with Crippen LogP contribution >= 0.6 is 0 Å². The SMILES string of the molecule is CCOc1ccc(C(C)NNC(=O)C(O)(c2ccc(OCC)cc2)c2ccc(OCC)cc2)cc1. The van der Waals surface area contributed by atoms with Crippen LogP contribution in [0.3, 0.4) is 0 Å². The number of hydrazine groups is 1. The number of rotatable bonds is 12. The molecule has 186 valence electrons. The Balaban J connectivity index is 1.84. The highest BCUT2D eigenvalue weighted by Crippen LogP contribution is 2.32. The smallest absolute Gasteiger partial charge is 0.275 e. The van der Waals surface area contributed by atoms with Crippen LogP contribution in [-0.2, 0) is 10.4 Å². The second-order valence-electron chi connectivity index (χ2n) is 7.95. The van der Waals surface area contributed by atoms with Crippen molar-refractivity contribution >= 4 is 5.91 Å². The number of carbonyl (C=O) groups is 1. The molecule has 1 atom stereocenters. The van der Waals surface area contributed by atoms with Gasteiger partial charge in [0.15, 0.2) is 5.60 Å². The van der Waals surface area contributed by atoms with Gasteiger partial charge in [-0.3, -0.25) is 10.2 Å². The third-order valence-electron chi connectivity index (χ3n) is 5.59. The zero-order chi connectivity index (χ0) is 25.3. The number of aliphatic hydroxyl groups is 1. The molecule has 7 nitrogen and oxygen atoms in total. The van der Waals surface area contributed by atoms with E-state index >= 15 is 0 Å². The molecular weight excluding hydrogens is 444 g/mol. The van der Waals surface area contributed by atoms with Crippen LogP contribution in [-0.4, -0.2) is 30.8 Å². The molecule has 0 spiro atoms. The molecule has 0 aliphatic carbocycles. The third kappa shape index (κ3) is 6.32. The maximum atomic E-state index is 13.5. The number of hydrogen-bond acceptors (Lipinski definition) is 6. The number of nitrogens with one attached hydrogen (secondary N) is 2. The van der Waals surface area contributed by atoms with Crippen molar-refractivity contribution in [3.05, 3.63) is 89.5 Å². The molecule has 0 aromatic heterocycles. The van der Waals surface area contributed by atoms with Gasteiger partial charge >= 0.3 is 0 Å². The van der Waals surface area contributed by atoms with Crippen molar-refractivity contribution in [1.82, 2.24) is 10.9 Å². The predicted octanol–water partition coefficient (Wildman–Crippen LogP) is 4.50. The molecule has 0 aliphatic heterocycles. The second-order valence-corrected chi connectivity index (χ2v) is 7.95. The summed E-state index contributed by atoms with van der Waals surface area (Å²) in [4.78, 5) is 13.5. The summed E-state index contributed by atoms with van der Waals surface area (Å²) in [7, 11) is 0. The average Bonchev–Trinajstić information content (AvgIpc) is 2.88. The lowest BCUT2D eigenvalue weighted by Crippen LogP contribution is -2.51. The Morgan fingerprint density at radius 2 is 1.11 bits per heavy atom. The molecule has 0 aliphatic rings. The van der Waals surface area contributed by atoms with Crippen LogP contribution < -0.4 is 25.1 Å². The summed E-state index contributed by atoms with van der Waals surface area (Å²) in [5, 5.41) is 11.8. The minimum absolute atomic E-state index is 0.209. The van der Waals surface area contributed by atoms with E-state index in [9.17, 15) is 9.90 Å². The van der Waals surface area contributed by atoms with Crippen LogP contribution in [0.5, 0.6) is 17.2 Å². The van der Waals surface area contributed by atoms with Gasteiger partial charge in [-0.15, -0.1) is 0 Å². The summed E-state index contributed by atoms with van der Waals surface area (Å²) < 4.78 is 16.5. The van der Waals surface area contributed by atoms with E-state index in [1.165, 1.54) is 0 Å². The van der Waals surface area contributed by atoms with Gasteiger partial charge in [-0.25, -0.2) is 5.43 Å². The Morgan fingerprint density at radius 3 is 1.49 bits per heavy atom. The molecule has 35 heavy (non-hydrogen) atoms. The van der Waals surface area contributed by atoms with Gasteiger partial charge in [0, 0.05) is 6.04 Å². The first kappa shape index (κ1) is 26.1. The van der Waals surface area contributed by atoms with Crippen LogP contribution in [0.25, 0.3) is 0 Å². The lowest BCUT2D eigenvalue weighted by Gasteiger charge is -2.29. The Hall–Kier alpha value is -3.55. The fourth-order valence-electron chi connectivity index (χ4n) is 3.71. The Bertz CT molecular complexity index is 1020. The maximum Gasteiger partial charge on any atom is 0.275 e. The normalized spacial score (nSPS) is 12.0. The van der Waals surface area contributed by atoms with Crippen LogP contribution in [0.1, 0.15) is 50.4 Å². The van der Waals surface area contributed by atoms with Gasteiger partial charge in [-0.1, -0.05) is 36.4 Å². The summed E-state index contributed by atoms with van der Waals surface area (Å²) in [5.74, 6) is 1.50. The van der Waals surface area contributed by atoms with Gasteiger partial charge in [0.2, 0.25) is 0 Å². The standard InChI is InChI=1S/C28H34N2O5/c1-5-33-24-14-8-21(9-15-24)20(4)29-30-27(31)28(32,22-10-16-25(17-11-22)34-6-2)23-12-18-26(19-13-23)35-7-3/h8-20,29,32H,5-7H2,1-4H3,(H,30,31). The first-order valence-corrected chi connectivity index (χ1v) is 11.9. The highest BCUT2D eigenvalue weighted by atomic mass is 16.5. The van der Waals surface area contributed by atoms with Gasteiger partial charge in [-0.2, -0.15) is 0 Å². The molecule has 7 heteroatoms. The van der Waals surface area contributed by atoms with Crippen LogP contribution in [0.2, 0.25) is 0 Å². The van der Waals surface area contributed by atoms with Gasteiger partial charge in [0.1, 0.15) is 17.2 Å². The molecule has 0 bridgehead atoms. The zero-order valence-corrected chi connectivity index (χ0v) is 20.7. The van der Waals surface area contributed by atoms with Gasteiger partial charge < -0.3 is 19.3 Å². The minimum Gasteiger partial charge on any atom is -0.494 e. The molecule has 0 fully saturated rings. The van der Waals surface area contributed by atoms with Crippen molar-refractivity contribution < 1.29 is 24.1 Å². The quantitative estimate of drug-likeness (QED) is 0.332. The topological polar surface area (TPSA) is 89.1 Å². The van der Waals surface area contributed by atoms with Crippen LogP contribution in [0.4, 0.5) is 0 Å². The van der Waals surface area contributed by atoms with Crippen molar-refractivity contribution in [2.75, 3.05) is 19.8 Å². The van der Waals surface area contributed by atoms with E-state index in [0.717, 1.165) is 11.3 Å². The molecule has 1 amide bonds. The molecule has 3 aromatic carbocycles. The number of benzene rings is 3. The Kier molecular flexibility index (Phi) is 9.11. The summed E-state index contributed by atoms with van der Waals surface area (Å²) in [6.07, 6.45) is 0. The van der Waals surface area contributed by atoms with Crippen molar-refractivity contribution in [3.8, 4) is 17.2 Å². The number of hydrogen-bond donors (Lipinski definition) is 3.